The Morgan fingerprint density at radius 1 is 0.794 bits per heavy atom. The Morgan fingerprint density at radius 2 is 1.44 bits per heavy atom. The fourth-order valence-electron chi connectivity index (χ4n) is 3.44. The fourth-order valence-corrected chi connectivity index (χ4v) is 4.29. The van der Waals surface area contributed by atoms with Crippen LogP contribution in [-0.2, 0) is 4.79 Å². The van der Waals surface area contributed by atoms with Crippen molar-refractivity contribution in [3.8, 4) is 39.8 Å². The van der Waals surface area contributed by atoms with E-state index in [4.69, 9.17) is 29.3 Å². The number of nitrogens with zero attached hydrogens (tertiary/aromatic N) is 2. The van der Waals surface area contributed by atoms with Gasteiger partial charge in [-0.05, 0) is 61.4 Å². The number of rotatable bonds is 13. The zero-order valence-corrected chi connectivity index (χ0v) is 20.6. The number of methoxy groups -OCH3 is 3. The summed E-state index contributed by atoms with van der Waals surface area (Å²) in [6.07, 6.45) is 3.82. The SMILES string of the molecule is COc1ccc(-c2cc(-c3ccc(OC)c(OC)c3)nc(SCCCCCCC(=O)O)n2)cc1. The standard InChI is InChI=1S/C26H30N2O5S/c1-31-20-12-9-18(10-13-20)21-17-22(19-11-14-23(32-2)24(16-19)33-3)28-26(27-21)34-15-7-5-4-6-8-25(29)30/h9-14,16-17H,4-8,15H2,1-3H3,(H,29,30). The Bertz CT molecular complexity index is 1090. The van der Waals surface area contributed by atoms with E-state index in [1.807, 2.05) is 48.5 Å². The second-order valence-corrected chi connectivity index (χ2v) is 8.69. The summed E-state index contributed by atoms with van der Waals surface area (Å²) in [5.41, 5.74) is 3.50. The Labute approximate surface area is 204 Å². The van der Waals surface area contributed by atoms with Crippen LogP contribution in [0.1, 0.15) is 32.1 Å². The topological polar surface area (TPSA) is 90.8 Å². The maximum Gasteiger partial charge on any atom is 0.303 e. The van der Waals surface area contributed by atoms with Gasteiger partial charge in [-0.15, -0.1) is 0 Å². The molecule has 0 fully saturated rings. The number of aromatic nitrogens is 2. The molecule has 0 spiro atoms. The van der Waals surface area contributed by atoms with Crippen molar-refractivity contribution in [3.63, 3.8) is 0 Å². The lowest BCUT2D eigenvalue weighted by atomic mass is 10.1. The van der Waals surface area contributed by atoms with Crippen molar-refractivity contribution >= 4 is 17.7 Å². The predicted molar refractivity (Wildman–Crippen MR) is 134 cm³/mol. The highest BCUT2D eigenvalue weighted by Crippen LogP contribution is 2.34. The van der Waals surface area contributed by atoms with Crippen LogP contribution in [0.25, 0.3) is 22.5 Å². The molecule has 34 heavy (non-hydrogen) atoms. The van der Waals surface area contributed by atoms with E-state index < -0.39 is 5.97 Å². The van der Waals surface area contributed by atoms with Gasteiger partial charge in [-0.2, -0.15) is 0 Å². The molecule has 0 unspecified atom stereocenters. The van der Waals surface area contributed by atoms with Crippen LogP contribution in [0.15, 0.2) is 53.7 Å². The number of unbranched alkanes of at least 4 members (excludes halogenated alkanes) is 3. The predicted octanol–water partition coefficient (Wildman–Crippen LogP) is 5.96. The number of benzene rings is 2. The van der Waals surface area contributed by atoms with Crippen molar-refractivity contribution in [2.75, 3.05) is 27.1 Å². The molecule has 0 saturated heterocycles. The number of aliphatic carboxylic acids is 1. The van der Waals surface area contributed by atoms with Gasteiger partial charge >= 0.3 is 5.97 Å². The molecule has 2 aromatic carbocycles. The summed E-state index contributed by atoms with van der Waals surface area (Å²) >= 11 is 1.61. The molecule has 0 aliphatic carbocycles. The highest BCUT2D eigenvalue weighted by molar-refractivity contribution is 7.99. The average molecular weight is 483 g/mol. The minimum absolute atomic E-state index is 0.231. The molecule has 0 saturated carbocycles. The number of carboxylic acids is 1. The first-order valence-corrected chi connectivity index (χ1v) is 12.1. The van der Waals surface area contributed by atoms with E-state index in [9.17, 15) is 4.79 Å². The van der Waals surface area contributed by atoms with Gasteiger partial charge in [-0.3, -0.25) is 4.79 Å². The number of carboxylic acid groups (broad SMARTS) is 1. The second kappa shape index (κ2) is 12.8. The summed E-state index contributed by atoms with van der Waals surface area (Å²) in [5, 5.41) is 9.45. The zero-order chi connectivity index (χ0) is 24.3. The third-order valence-corrected chi connectivity index (χ3v) is 6.22. The van der Waals surface area contributed by atoms with Crippen molar-refractivity contribution in [3.05, 3.63) is 48.5 Å². The van der Waals surface area contributed by atoms with E-state index in [-0.39, 0.29) is 6.42 Å². The number of thioether (sulfide) groups is 1. The molecule has 3 aromatic rings. The zero-order valence-electron chi connectivity index (χ0n) is 19.7. The molecule has 1 N–H and O–H groups in total. The van der Waals surface area contributed by atoms with Gasteiger partial charge in [0.15, 0.2) is 16.7 Å². The van der Waals surface area contributed by atoms with Crippen LogP contribution in [-0.4, -0.2) is 48.1 Å². The number of hydrogen-bond donors (Lipinski definition) is 1. The van der Waals surface area contributed by atoms with Crippen LogP contribution >= 0.6 is 11.8 Å². The van der Waals surface area contributed by atoms with Gasteiger partial charge in [0.1, 0.15) is 5.75 Å². The van der Waals surface area contributed by atoms with Crippen LogP contribution in [0, 0.1) is 0 Å². The molecule has 180 valence electrons. The van der Waals surface area contributed by atoms with E-state index in [1.165, 1.54) is 0 Å². The minimum Gasteiger partial charge on any atom is -0.497 e. The smallest absolute Gasteiger partial charge is 0.303 e. The van der Waals surface area contributed by atoms with Gasteiger partial charge in [0.25, 0.3) is 0 Å². The van der Waals surface area contributed by atoms with Gasteiger partial charge in [0.2, 0.25) is 0 Å². The van der Waals surface area contributed by atoms with E-state index in [0.717, 1.165) is 53.3 Å². The molecular formula is C26H30N2O5S. The number of carbonyl (C=O) groups is 1. The van der Waals surface area contributed by atoms with Crippen molar-refractivity contribution in [1.29, 1.82) is 0 Å². The maximum absolute atomic E-state index is 10.6. The Morgan fingerprint density at radius 3 is 2.09 bits per heavy atom. The number of hydrogen-bond acceptors (Lipinski definition) is 7. The second-order valence-electron chi connectivity index (χ2n) is 7.63. The maximum atomic E-state index is 10.6. The first kappa shape index (κ1) is 25.4. The molecule has 7 nitrogen and oxygen atoms in total. The van der Waals surface area contributed by atoms with Crippen molar-refractivity contribution in [1.82, 2.24) is 9.97 Å². The van der Waals surface area contributed by atoms with Crippen LogP contribution in [0.4, 0.5) is 0 Å². The van der Waals surface area contributed by atoms with Crippen molar-refractivity contribution < 1.29 is 24.1 Å². The Hall–Kier alpha value is -3.26. The average Bonchev–Trinajstić information content (AvgIpc) is 2.87. The lowest BCUT2D eigenvalue weighted by molar-refractivity contribution is -0.137. The molecule has 1 aromatic heterocycles. The lowest BCUT2D eigenvalue weighted by Crippen LogP contribution is -1.97. The molecule has 8 heteroatoms. The van der Waals surface area contributed by atoms with Crippen LogP contribution in [0.2, 0.25) is 0 Å². The van der Waals surface area contributed by atoms with E-state index in [0.29, 0.717) is 23.1 Å². The number of ether oxygens (including phenoxy) is 3. The van der Waals surface area contributed by atoms with E-state index in [2.05, 4.69) is 0 Å². The van der Waals surface area contributed by atoms with Gasteiger partial charge in [-0.25, -0.2) is 9.97 Å². The Kier molecular flexibility index (Phi) is 9.58. The first-order chi connectivity index (χ1) is 16.5. The third-order valence-electron chi connectivity index (χ3n) is 5.29. The van der Waals surface area contributed by atoms with Gasteiger partial charge in [-0.1, -0.05) is 24.6 Å². The summed E-state index contributed by atoms with van der Waals surface area (Å²) in [7, 11) is 4.87. The normalized spacial score (nSPS) is 10.7. The Balaban J connectivity index is 1.82. The molecule has 0 atom stereocenters. The molecule has 3 rings (SSSR count). The van der Waals surface area contributed by atoms with Crippen molar-refractivity contribution in [2.45, 2.75) is 37.3 Å². The summed E-state index contributed by atoms with van der Waals surface area (Å²) < 4.78 is 16.1. The highest BCUT2D eigenvalue weighted by atomic mass is 32.2. The summed E-state index contributed by atoms with van der Waals surface area (Å²) in [6.45, 7) is 0. The molecule has 0 radical (unpaired) electrons. The highest BCUT2D eigenvalue weighted by Gasteiger charge is 2.12. The third kappa shape index (κ3) is 7.12. The largest absolute Gasteiger partial charge is 0.497 e. The van der Waals surface area contributed by atoms with Gasteiger partial charge in [0, 0.05) is 23.3 Å². The minimum atomic E-state index is -0.735. The molecular weight excluding hydrogens is 452 g/mol. The van der Waals surface area contributed by atoms with Gasteiger partial charge in [0.05, 0.1) is 32.7 Å². The summed E-state index contributed by atoms with van der Waals surface area (Å²) in [4.78, 5) is 20.2. The van der Waals surface area contributed by atoms with E-state index >= 15 is 0 Å². The first-order valence-electron chi connectivity index (χ1n) is 11.1. The summed E-state index contributed by atoms with van der Waals surface area (Å²) in [6, 6.07) is 15.5. The monoisotopic (exact) mass is 482 g/mol. The quantitative estimate of drug-likeness (QED) is 0.181. The molecule has 0 aliphatic rings. The van der Waals surface area contributed by atoms with Crippen LogP contribution < -0.4 is 14.2 Å². The fraction of sp³-hybridized carbons (Fsp3) is 0.346. The molecule has 0 bridgehead atoms. The summed E-state index contributed by atoms with van der Waals surface area (Å²) in [5.74, 6) is 2.22. The molecule has 0 amide bonds. The van der Waals surface area contributed by atoms with Crippen LogP contribution in [0.5, 0.6) is 17.2 Å². The lowest BCUT2D eigenvalue weighted by Gasteiger charge is -2.12. The van der Waals surface area contributed by atoms with Crippen molar-refractivity contribution in [2.24, 2.45) is 0 Å². The van der Waals surface area contributed by atoms with Crippen LogP contribution in [0.3, 0.4) is 0 Å². The van der Waals surface area contributed by atoms with E-state index in [1.54, 1.807) is 33.1 Å². The molecule has 0 aliphatic heterocycles. The van der Waals surface area contributed by atoms with Gasteiger partial charge < -0.3 is 19.3 Å². The molecule has 1 heterocycles.